The molecule has 1 aliphatic heterocycles. The molecule has 1 heterocycles. The molecule has 1 fully saturated rings. The van der Waals surface area contributed by atoms with Gasteiger partial charge in [0.1, 0.15) is 0 Å². The second kappa shape index (κ2) is 6.18. The van der Waals surface area contributed by atoms with Crippen LogP contribution in [0.5, 0.6) is 0 Å². The molecule has 94 valence electrons. The molecule has 0 spiro atoms. The average Bonchev–Trinajstić information content (AvgIpc) is 2.79. The molecule has 0 bridgehead atoms. The SMILES string of the molecule is CNCC(C)CN1CCC(c2ccccc2)C1. The van der Waals surface area contributed by atoms with Crippen LogP contribution in [0.4, 0.5) is 0 Å². The Morgan fingerprint density at radius 3 is 2.82 bits per heavy atom. The average molecular weight is 232 g/mol. The minimum atomic E-state index is 0.745. The maximum atomic E-state index is 3.26. The molecule has 1 aromatic carbocycles. The van der Waals surface area contributed by atoms with Crippen molar-refractivity contribution in [1.29, 1.82) is 0 Å². The summed E-state index contributed by atoms with van der Waals surface area (Å²) in [5, 5.41) is 3.26. The highest BCUT2D eigenvalue weighted by Crippen LogP contribution is 2.27. The third-order valence-corrected chi connectivity index (χ3v) is 3.67. The predicted molar refractivity (Wildman–Crippen MR) is 73.3 cm³/mol. The van der Waals surface area contributed by atoms with Gasteiger partial charge in [0, 0.05) is 13.1 Å². The molecule has 0 aliphatic carbocycles. The third kappa shape index (κ3) is 3.55. The van der Waals surface area contributed by atoms with E-state index in [4.69, 9.17) is 0 Å². The van der Waals surface area contributed by atoms with Gasteiger partial charge in [0.2, 0.25) is 0 Å². The highest BCUT2D eigenvalue weighted by Gasteiger charge is 2.24. The maximum Gasteiger partial charge on any atom is 0.00509 e. The van der Waals surface area contributed by atoms with Gasteiger partial charge in [0.15, 0.2) is 0 Å². The van der Waals surface area contributed by atoms with Crippen molar-refractivity contribution in [1.82, 2.24) is 10.2 Å². The molecule has 2 heteroatoms. The molecule has 0 radical (unpaired) electrons. The molecule has 2 nitrogen and oxygen atoms in total. The highest BCUT2D eigenvalue weighted by molar-refractivity contribution is 5.20. The van der Waals surface area contributed by atoms with Gasteiger partial charge in [-0.25, -0.2) is 0 Å². The van der Waals surface area contributed by atoms with Crippen molar-refractivity contribution < 1.29 is 0 Å². The van der Waals surface area contributed by atoms with Crippen molar-refractivity contribution >= 4 is 0 Å². The maximum absolute atomic E-state index is 3.26. The Morgan fingerprint density at radius 1 is 1.35 bits per heavy atom. The van der Waals surface area contributed by atoms with Gasteiger partial charge in [0.05, 0.1) is 0 Å². The van der Waals surface area contributed by atoms with E-state index in [0.717, 1.165) is 18.4 Å². The van der Waals surface area contributed by atoms with E-state index in [9.17, 15) is 0 Å². The Morgan fingerprint density at radius 2 is 2.12 bits per heavy atom. The summed E-state index contributed by atoms with van der Waals surface area (Å²) in [4.78, 5) is 2.61. The van der Waals surface area contributed by atoms with Gasteiger partial charge in [-0.3, -0.25) is 0 Å². The Kier molecular flexibility index (Phi) is 4.57. The van der Waals surface area contributed by atoms with Gasteiger partial charge in [-0.2, -0.15) is 0 Å². The minimum Gasteiger partial charge on any atom is -0.319 e. The van der Waals surface area contributed by atoms with Gasteiger partial charge in [0.25, 0.3) is 0 Å². The molecular formula is C15H24N2. The molecule has 1 aromatic rings. The molecule has 0 amide bonds. The fraction of sp³-hybridized carbons (Fsp3) is 0.600. The first-order valence-electron chi connectivity index (χ1n) is 6.71. The zero-order chi connectivity index (χ0) is 12.1. The normalized spacial score (nSPS) is 22.8. The van der Waals surface area contributed by atoms with Gasteiger partial charge in [-0.05, 0) is 44.0 Å². The Balaban J connectivity index is 1.83. The van der Waals surface area contributed by atoms with Crippen molar-refractivity contribution in [3.63, 3.8) is 0 Å². The van der Waals surface area contributed by atoms with Gasteiger partial charge in [-0.15, -0.1) is 0 Å². The van der Waals surface area contributed by atoms with Crippen LogP contribution in [-0.2, 0) is 0 Å². The minimum absolute atomic E-state index is 0.745. The van der Waals surface area contributed by atoms with Crippen LogP contribution in [0.15, 0.2) is 30.3 Å². The number of nitrogens with one attached hydrogen (secondary N) is 1. The number of hydrogen-bond donors (Lipinski definition) is 1. The quantitative estimate of drug-likeness (QED) is 0.838. The van der Waals surface area contributed by atoms with E-state index in [1.807, 2.05) is 7.05 Å². The second-order valence-corrected chi connectivity index (χ2v) is 5.32. The van der Waals surface area contributed by atoms with Gasteiger partial charge >= 0.3 is 0 Å². The summed E-state index contributed by atoms with van der Waals surface area (Å²) in [7, 11) is 2.03. The predicted octanol–water partition coefficient (Wildman–Crippen LogP) is 2.33. The van der Waals surface area contributed by atoms with E-state index >= 15 is 0 Å². The lowest BCUT2D eigenvalue weighted by atomic mass is 9.99. The van der Waals surface area contributed by atoms with Crippen molar-refractivity contribution in [2.45, 2.75) is 19.3 Å². The van der Waals surface area contributed by atoms with Crippen molar-refractivity contribution in [3.8, 4) is 0 Å². The lowest BCUT2D eigenvalue weighted by Crippen LogP contribution is -2.30. The lowest BCUT2D eigenvalue weighted by molar-refractivity contribution is 0.282. The molecule has 2 unspecified atom stereocenters. The van der Waals surface area contributed by atoms with E-state index in [1.54, 1.807) is 0 Å². The standard InChI is InChI=1S/C15H24N2/c1-13(10-16-2)11-17-9-8-15(12-17)14-6-4-3-5-7-14/h3-7,13,15-16H,8-12H2,1-2H3. The van der Waals surface area contributed by atoms with E-state index in [-0.39, 0.29) is 0 Å². The highest BCUT2D eigenvalue weighted by atomic mass is 15.1. The molecule has 1 saturated heterocycles. The molecule has 17 heavy (non-hydrogen) atoms. The van der Waals surface area contributed by atoms with Crippen LogP contribution < -0.4 is 5.32 Å². The first kappa shape index (κ1) is 12.6. The van der Waals surface area contributed by atoms with Crippen molar-refractivity contribution in [3.05, 3.63) is 35.9 Å². The zero-order valence-corrected chi connectivity index (χ0v) is 11.0. The van der Waals surface area contributed by atoms with Crippen LogP contribution in [0, 0.1) is 5.92 Å². The molecule has 2 atom stereocenters. The van der Waals surface area contributed by atoms with E-state index in [2.05, 4.69) is 47.5 Å². The second-order valence-electron chi connectivity index (χ2n) is 5.32. The topological polar surface area (TPSA) is 15.3 Å². The monoisotopic (exact) mass is 232 g/mol. The fourth-order valence-corrected chi connectivity index (χ4v) is 2.85. The summed E-state index contributed by atoms with van der Waals surface area (Å²) in [6, 6.07) is 10.9. The largest absolute Gasteiger partial charge is 0.319 e. The number of nitrogens with zero attached hydrogens (tertiary/aromatic N) is 1. The number of rotatable bonds is 5. The van der Waals surface area contributed by atoms with Crippen LogP contribution in [0.25, 0.3) is 0 Å². The first-order chi connectivity index (χ1) is 8.29. The fourth-order valence-electron chi connectivity index (χ4n) is 2.85. The summed E-state index contributed by atoms with van der Waals surface area (Å²) >= 11 is 0. The molecular weight excluding hydrogens is 208 g/mol. The zero-order valence-electron chi connectivity index (χ0n) is 11.0. The summed E-state index contributed by atoms with van der Waals surface area (Å²) < 4.78 is 0. The van der Waals surface area contributed by atoms with Crippen LogP contribution in [0.3, 0.4) is 0 Å². The number of benzene rings is 1. The van der Waals surface area contributed by atoms with E-state index < -0.39 is 0 Å². The van der Waals surface area contributed by atoms with E-state index in [0.29, 0.717) is 0 Å². The van der Waals surface area contributed by atoms with Crippen LogP contribution in [-0.4, -0.2) is 38.1 Å². The molecule has 1 aliphatic rings. The van der Waals surface area contributed by atoms with Gasteiger partial charge in [-0.1, -0.05) is 37.3 Å². The smallest absolute Gasteiger partial charge is 0.00509 e. The Bertz CT molecular complexity index is 323. The van der Waals surface area contributed by atoms with Gasteiger partial charge < -0.3 is 10.2 Å². The number of hydrogen-bond acceptors (Lipinski definition) is 2. The van der Waals surface area contributed by atoms with Crippen molar-refractivity contribution in [2.75, 3.05) is 33.2 Å². The van der Waals surface area contributed by atoms with Crippen molar-refractivity contribution in [2.24, 2.45) is 5.92 Å². The molecule has 1 N–H and O–H groups in total. The summed E-state index contributed by atoms with van der Waals surface area (Å²) in [6.07, 6.45) is 1.32. The third-order valence-electron chi connectivity index (χ3n) is 3.67. The number of likely N-dealkylation sites (tertiary alicyclic amines) is 1. The summed E-state index contributed by atoms with van der Waals surface area (Å²) in [6.45, 7) is 7.16. The van der Waals surface area contributed by atoms with Crippen LogP contribution in [0.1, 0.15) is 24.8 Å². The van der Waals surface area contributed by atoms with Crippen LogP contribution >= 0.6 is 0 Å². The summed E-state index contributed by atoms with van der Waals surface area (Å²) in [5.74, 6) is 1.49. The van der Waals surface area contributed by atoms with Crippen LogP contribution in [0.2, 0.25) is 0 Å². The Hall–Kier alpha value is -0.860. The molecule has 0 saturated carbocycles. The first-order valence-corrected chi connectivity index (χ1v) is 6.71. The summed E-state index contributed by atoms with van der Waals surface area (Å²) in [5.41, 5.74) is 1.51. The molecule has 2 rings (SSSR count). The van der Waals surface area contributed by atoms with E-state index in [1.165, 1.54) is 31.6 Å². The molecule has 0 aromatic heterocycles. The lowest BCUT2D eigenvalue weighted by Gasteiger charge is -2.20. The Labute approximate surface area is 105 Å².